The zero-order valence-electron chi connectivity index (χ0n) is 11.3. The lowest BCUT2D eigenvalue weighted by Crippen LogP contribution is -2.41. The van der Waals surface area contributed by atoms with Gasteiger partial charge in [-0.05, 0) is 47.9 Å². The maximum Gasteiger partial charge on any atom is 0.123 e. The standard InChI is InChI=1S/C16H16BrF2NO/c17-15-6-5-14(19)7-11(15)8-16(9-20,10-21)12-1-3-13(18)4-2-12/h1-7,21H,8-10,20H2. The molecule has 2 aromatic carbocycles. The SMILES string of the molecule is NCC(CO)(Cc1cc(F)ccc1Br)c1ccc(F)cc1. The minimum atomic E-state index is -0.774. The quantitative estimate of drug-likeness (QED) is 0.865. The van der Waals surface area contributed by atoms with Crippen molar-refractivity contribution >= 4 is 15.9 Å². The first-order chi connectivity index (χ1) is 10.0. The van der Waals surface area contributed by atoms with Crippen LogP contribution in [0, 0.1) is 11.6 Å². The Morgan fingerprint density at radius 3 is 2.24 bits per heavy atom. The van der Waals surface area contributed by atoms with E-state index in [2.05, 4.69) is 15.9 Å². The molecule has 0 radical (unpaired) electrons. The molecule has 2 rings (SSSR count). The molecular formula is C16H16BrF2NO. The van der Waals surface area contributed by atoms with E-state index in [0.29, 0.717) is 12.0 Å². The van der Waals surface area contributed by atoms with Gasteiger partial charge >= 0.3 is 0 Å². The van der Waals surface area contributed by atoms with Crippen LogP contribution in [0.25, 0.3) is 0 Å². The topological polar surface area (TPSA) is 46.2 Å². The van der Waals surface area contributed by atoms with Crippen LogP contribution in [-0.2, 0) is 11.8 Å². The zero-order valence-corrected chi connectivity index (χ0v) is 12.9. The van der Waals surface area contributed by atoms with Crippen molar-refractivity contribution in [2.45, 2.75) is 11.8 Å². The summed E-state index contributed by atoms with van der Waals surface area (Å²) in [5.41, 5.74) is 6.52. The minimum Gasteiger partial charge on any atom is -0.395 e. The summed E-state index contributed by atoms with van der Waals surface area (Å²) in [5.74, 6) is -0.703. The second kappa shape index (κ2) is 6.64. The van der Waals surface area contributed by atoms with Gasteiger partial charge in [-0.2, -0.15) is 0 Å². The third-order valence-electron chi connectivity index (χ3n) is 3.69. The average Bonchev–Trinajstić information content (AvgIpc) is 2.49. The number of aliphatic hydroxyl groups is 1. The van der Waals surface area contributed by atoms with E-state index < -0.39 is 5.41 Å². The molecule has 0 aliphatic heterocycles. The van der Waals surface area contributed by atoms with E-state index in [1.54, 1.807) is 18.2 Å². The Bertz CT molecular complexity index is 612. The third-order valence-corrected chi connectivity index (χ3v) is 4.46. The molecule has 0 spiro atoms. The summed E-state index contributed by atoms with van der Waals surface area (Å²) < 4.78 is 27.2. The van der Waals surface area contributed by atoms with Crippen LogP contribution in [0.15, 0.2) is 46.9 Å². The first kappa shape index (κ1) is 16.1. The van der Waals surface area contributed by atoms with Gasteiger partial charge in [0.05, 0.1) is 6.61 Å². The van der Waals surface area contributed by atoms with Gasteiger partial charge in [0.1, 0.15) is 11.6 Å². The van der Waals surface area contributed by atoms with E-state index in [1.807, 2.05) is 0 Å². The number of rotatable bonds is 5. The van der Waals surface area contributed by atoms with Gasteiger partial charge in [0.2, 0.25) is 0 Å². The molecule has 1 atom stereocenters. The monoisotopic (exact) mass is 355 g/mol. The predicted octanol–water partition coefficient (Wildman–Crippen LogP) is 3.16. The molecule has 0 heterocycles. The Morgan fingerprint density at radius 1 is 1.05 bits per heavy atom. The molecule has 0 saturated carbocycles. The van der Waals surface area contributed by atoms with Crippen LogP contribution >= 0.6 is 15.9 Å². The Kier molecular flexibility index (Phi) is 5.08. The largest absolute Gasteiger partial charge is 0.395 e. The summed E-state index contributed by atoms with van der Waals surface area (Å²) in [4.78, 5) is 0. The second-order valence-electron chi connectivity index (χ2n) is 5.06. The number of halogens is 3. The van der Waals surface area contributed by atoms with Gasteiger partial charge in [-0.25, -0.2) is 8.78 Å². The molecule has 112 valence electrons. The molecule has 2 nitrogen and oxygen atoms in total. The molecule has 0 amide bonds. The fourth-order valence-corrected chi connectivity index (χ4v) is 2.74. The Morgan fingerprint density at radius 2 is 1.67 bits per heavy atom. The lowest BCUT2D eigenvalue weighted by Gasteiger charge is -2.31. The maximum atomic E-state index is 13.4. The molecule has 21 heavy (non-hydrogen) atoms. The Balaban J connectivity index is 2.42. The van der Waals surface area contributed by atoms with Gasteiger partial charge in [0.25, 0.3) is 0 Å². The summed E-state index contributed by atoms with van der Waals surface area (Å²) in [6, 6.07) is 10.2. The number of benzene rings is 2. The highest BCUT2D eigenvalue weighted by Crippen LogP contribution is 2.31. The first-order valence-corrected chi connectivity index (χ1v) is 7.31. The van der Waals surface area contributed by atoms with Gasteiger partial charge in [-0.3, -0.25) is 0 Å². The van der Waals surface area contributed by atoms with Crippen LogP contribution in [-0.4, -0.2) is 18.3 Å². The molecule has 0 aliphatic rings. The van der Waals surface area contributed by atoms with Gasteiger partial charge in [0, 0.05) is 16.4 Å². The number of nitrogens with two attached hydrogens (primary N) is 1. The molecular weight excluding hydrogens is 340 g/mol. The highest BCUT2D eigenvalue weighted by Gasteiger charge is 2.31. The van der Waals surface area contributed by atoms with Gasteiger partial charge in [-0.15, -0.1) is 0 Å². The lowest BCUT2D eigenvalue weighted by atomic mass is 9.76. The Labute approximate surface area is 130 Å². The van der Waals surface area contributed by atoms with Crippen LogP contribution in [0.3, 0.4) is 0 Å². The number of hydrogen-bond donors (Lipinski definition) is 2. The van der Waals surface area contributed by atoms with Gasteiger partial charge in [0.15, 0.2) is 0 Å². The molecule has 0 saturated heterocycles. The van der Waals surface area contributed by atoms with Crippen molar-refractivity contribution in [1.82, 2.24) is 0 Å². The van der Waals surface area contributed by atoms with E-state index in [9.17, 15) is 13.9 Å². The smallest absolute Gasteiger partial charge is 0.123 e. The van der Waals surface area contributed by atoms with E-state index in [-0.39, 0.29) is 24.8 Å². The second-order valence-corrected chi connectivity index (χ2v) is 5.92. The molecule has 0 aromatic heterocycles. The van der Waals surface area contributed by atoms with Crippen LogP contribution in [0.2, 0.25) is 0 Å². The van der Waals surface area contributed by atoms with Crippen LogP contribution in [0.5, 0.6) is 0 Å². The summed E-state index contributed by atoms with van der Waals surface area (Å²) in [5, 5.41) is 9.84. The van der Waals surface area contributed by atoms with E-state index in [0.717, 1.165) is 10.0 Å². The summed E-state index contributed by atoms with van der Waals surface area (Å²) >= 11 is 3.38. The van der Waals surface area contributed by atoms with Crippen molar-refractivity contribution < 1.29 is 13.9 Å². The third kappa shape index (κ3) is 3.48. The zero-order chi connectivity index (χ0) is 15.5. The normalized spacial score (nSPS) is 14.0. The minimum absolute atomic E-state index is 0.165. The molecule has 0 bridgehead atoms. The fourth-order valence-electron chi connectivity index (χ4n) is 2.35. The van der Waals surface area contributed by atoms with Crippen molar-refractivity contribution in [2.24, 2.45) is 5.73 Å². The summed E-state index contributed by atoms with van der Waals surface area (Å²) in [6.07, 6.45) is 0.351. The van der Waals surface area contributed by atoms with Crippen LogP contribution in [0.1, 0.15) is 11.1 Å². The summed E-state index contributed by atoms with van der Waals surface area (Å²) in [6.45, 7) is -0.0455. The molecule has 5 heteroatoms. The van der Waals surface area contributed by atoms with Gasteiger partial charge in [-0.1, -0.05) is 28.1 Å². The van der Waals surface area contributed by atoms with Crippen molar-refractivity contribution in [2.75, 3.05) is 13.2 Å². The molecule has 0 fully saturated rings. The summed E-state index contributed by atoms with van der Waals surface area (Å²) in [7, 11) is 0. The highest BCUT2D eigenvalue weighted by molar-refractivity contribution is 9.10. The highest BCUT2D eigenvalue weighted by atomic mass is 79.9. The van der Waals surface area contributed by atoms with Crippen molar-refractivity contribution in [3.05, 3.63) is 69.7 Å². The van der Waals surface area contributed by atoms with Crippen molar-refractivity contribution in [3.63, 3.8) is 0 Å². The van der Waals surface area contributed by atoms with E-state index >= 15 is 0 Å². The van der Waals surface area contributed by atoms with Crippen molar-refractivity contribution in [1.29, 1.82) is 0 Å². The van der Waals surface area contributed by atoms with Crippen LogP contribution < -0.4 is 5.73 Å². The molecule has 1 unspecified atom stereocenters. The first-order valence-electron chi connectivity index (χ1n) is 6.52. The maximum absolute atomic E-state index is 13.4. The van der Waals surface area contributed by atoms with E-state index in [1.165, 1.54) is 24.3 Å². The predicted molar refractivity (Wildman–Crippen MR) is 82.0 cm³/mol. The molecule has 2 aromatic rings. The molecule has 0 aliphatic carbocycles. The van der Waals surface area contributed by atoms with Crippen LogP contribution in [0.4, 0.5) is 8.78 Å². The lowest BCUT2D eigenvalue weighted by molar-refractivity contribution is 0.195. The Hall–Kier alpha value is -1.30. The molecule has 3 N–H and O–H groups in total. The number of aliphatic hydroxyl groups excluding tert-OH is 1. The number of hydrogen-bond acceptors (Lipinski definition) is 2. The average molecular weight is 356 g/mol. The van der Waals surface area contributed by atoms with Crippen molar-refractivity contribution in [3.8, 4) is 0 Å². The fraction of sp³-hybridized carbons (Fsp3) is 0.250. The van der Waals surface area contributed by atoms with Gasteiger partial charge < -0.3 is 10.8 Å². The van der Waals surface area contributed by atoms with E-state index in [4.69, 9.17) is 5.73 Å².